The standard InChI is InChI=1S/2C24H22O7/c2*1-23(2)11-14-9-17-20(22(28)31-24(17,3)21(27)16(14)12-30-23)19(26)10-18(25)13-5-7-15(29-4)8-6-13/h2*5-10,12,25H,11H2,1-4H3/b18-10-;. The summed E-state index contributed by atoms with van der Waals surface area (Å²) in [5.74, 6) is -3.57. The van der Waals surface area contributed by atoms with Gasteiger partial charge in [0.05, 0.1) is 37.9 Å². The summed E-state index contributed by atoms with van der Waals surface area (Å²) < 4.78 is 32.1. The number of rotatable bonds is 8. The van der Waals surface area contributed by atoms with Crippen molar-refractivity contribution in [3.8, 4) is 11.5 Å². The first-order valence-electron chi connectivity index (χ1n) is 19.5. The molecule has 2 aliphatic carbocycles. The van der Waals surface area contributed by atoms with E-state index < -0.39 is 57.5 Å². The number of aliphatic hydroxyl groups excluding tert-OH is 2. The highest BCUT2D eigenvalue weighted by atomic mass is 16.6. The summed E-state index contributed by atoms with van der Waals surface area (Å²) >= 11 is 0. The minimum Gasteiger partial charge on any atom is -0.507 e. The Morgan fingerprint density at radius 2 is 0.919 bits per heavy atom. The molecule has 0 saturated heterocycles. The summed E-state index contributed by atoms with van der Waals surface area (Å²) in [6, 6.07) is 12.9. The molecule has 0 bridgehead atoms. The maximum absolute atomic E-state index is 13.1. The lowest BCUT2D eigenvalue weighted by atomic mass is 9.74. The zero-order chi connectivity index (χ0) is 45.1. The number of methoxy groups -OCH3 is 2. The minimum absolute atomic E-state index is 0.205. The summed E-state index contributed by atoms with van der Waals surface area (Å²) in [4.78, 5) is 77.3. The molecule has 320 valence electrons. The van der Waals surface area contributed by atoms with Crippen molar-refractivity contribution in [3.63, 3.8) is 0 Å². The van der Waals surface area contributed by atoms with Crippen LogP contribution in [0, 0.1) is 0 Å². The fourth-order valence-electron chi connectivity index (χ4n) is 7.88. The molecule has 2 unspecified atom stereocenters. The average Bonchev–Trinajstić information content (AvgIpc) is 3.64. The van der Waals surface area contributed by atoms with Crippen molar-refractivity contribution in [2.45, 2.75) is 76.8 Å². The topological polar surface area (TPSA) is 198 Å². The van der Waals surface area contributed by atoms with E-state index in [-0.39, 0.29) is 33.8 Å². The lowest BCUT2D eigenvalue weighted by Gasteiger charge is -2.37. The molecule has 0 amide bonds. The monoisotopic (exact) mass is 844 g/mol. The van der Waals surface area contributed by atoms with Crippen LogP contribution in [0.5, 0.6) is 11.5 Å². The number of hydrogen-bond acceptors (Lipinski definition) is 14. The van der Waals surface area contributed by atoms with Gasteiger partial charge in [-0.05, 0) is 113 Å². The first-order chi connectivity index (χ1) is 29.1. The van der Waals surface area contributed by atoms with Crippen LogP contribution >= 0.6 is 0 Å². The summed E-state index contributed by atoms with van der Waals surface area (Å²) in [6.07, 6.45) is 8.89. The Labute approximate surface area is 356 Å². The van der Waals surface area contributed by atoms with Gasteiger partial charge in [0, 0.05) is 47.3 Å². The van der Waals surface area contributed by atoms with E-state index in [1.54, 1.807) is 60.7 Å². The Morgan fingerprint density at radius 3 is 1.24 bits per heavy atom. The fourth-order valence-corrected chi connectivity index (χ4v) is 7.88. The largest absolute Gasteiger partial charge is 0.507 e. The Kier molecular flexibility index (Phi) is 10.6. The molecule has 4 heterocycles. The number of ketones is 4. The van der Waals surface area contributed by atoms with Crippen LogP contribution in [0.15, 0.2) is 130 Å². The molecule has 0 aromatic heterocycles. The van der Waals surface area contributed by atoms with Crippen molar-refractivity contribution in [1.82, 2.24) is 0 Å². The van der Waals surface area contributed by atoms with E-state index in [4.69, 9.17) is 28.4 Å². The number of aliphatic hydroxyl groups is 2. The molecule has 2 aromatic carbocycles. The molecule has 0 spiro atoms. The predicted octanol–water partition coefficient (Wildman–Crippen LogP) is 6.73. The molecule has 4 aliphatic heterocycles. The van der Waals surface area contributed by atoms with Crippen molar-refractivity contribution in [3.05, 3.63) is 141 Å². The molecule has 2 aromatic rings. The number of carbonyl (C=O) groups is 6. The zero-order valence-electron chi connectivity index (χ0n) is 35.3. The van der Waals surface area contributed by atoms with Crippen molar-refractivity contribution >= 4 is 46.6 Å². The molecule has 8 rings (SSSR count). The van der Waals surface area contributed by atoms with Crippen molar-refractivity contribution in [2.75, 3.05) is 14.2 Å². The van der Waals surface area contributed by atoms with E-state index in [0.29, 0.717) is 57.8 Å². The van der Waals surface area contributed by atoms with Crippen LogP contribution in [-0.2, 0) is 47.7 Å². The highest BCUT2D eigenvalue weighted by molar-refractivity contribution is 6.29. The number of benzene rings is 2. The zero-order valence-corrected chi connectivity index (χ0v) is 35.3. The minimum atomic E-state index is -1.61. The van der Waals surface area contributed by atoms with Crippen molar-refractivity contribution in [2.24, 2.45) is 0 Å². The first kappa shape index (κ1) is 42.9. The number of hydrogen-bond donors (Lipinski definition) is 2. The van der Waals surface area contributed by atoms with E-state index >= 15 is 0 Å². The van der Waals surface area contributed by atoms with Crippen LogP contribution in [0.25, 0.3) is 11.5 Å². The molecular weight excluding hydrogens is 801 g/mol. The smallest absolute Gasteiger partial charge is 0.343 e. The Morgan fingerprint density at radius 1 is 0.581 bits per heavy atom. The molecule has 0 fully saturated rings. The number of fused-ring (bicyclic) bond motifs is 4. The van der Waals surface area contributed by atoms with E-state index in [1.807, 2.05) is 27.7 Å². The van der Waals surface area contributed by atoms with Gasteiger partial charge in [0.2, 0.25) is 11.6 Å². The van der Waals surface area contributed by atoms with Gasteiger partial charge >= 0.3 is 11.9 Å². The van der Waals surface area contributed by atoms with Crippen LogP contribution in [0.4, 0.5) is 0 Å². The van der Waals surface area contributed by atoms with Gasteiger partial charge in [-0.3, -0.25) is 19.2 Å². The molecule has 6 aliphatic rings. The predicted molar refractivity (Wildman–Crippen MR) is 222 cm³/mol. The summed E-state index contributed by atoms with van der Waals surface area (Å²) in [6.45, 7) is 10.4. The maximum atomic E-state index is 13.1. The summed E-state index contributed by atoms with van der Waals surface area (Å²) in [7, 11) is 3.04. The lowest BCUT2D eigenvalue weighted by molar-refractivity contribution is -0.153. The third-order valence-corrected chi connectivity index (χ3v) is 11.3. The van der Waals surface area contributed by atoms with Gasteiger partial charge in [-0.2, -0.15) is 0 Å². The van der Waals surface area contributed by atoms with Gasteiger partial charge in [-0.1, -0.05) is 0 Å². The number of Topliss-reactive ketones (excluding diaryl/α,β-unsaturated/α-hetero) is 2. The van der Waals surface area contributed by atoms with Crippen molar-refractivity contribution in [1.29, 1.82) is 0 Å². The van der Waals surface area contributed by atoms with Crippen molar-refractivity contribution < 1.29 is 67.4 Å². The Hall–Kier alpha value is -7.22. The molecule has 0 radical (unpaired) electrons. The number of allylic oxidation sites excluding steroid dienone is 2. The average molecular weight is 845 g/mol. The van der Waals surface area contributed by atoms with Gasteiger partial charge in [-0.25, -0.2) is 9.59 Å². The number of esters is 2. The molecular formula is C48H44O14. The highest BCUT2D eigenvalue weighted by Crippen LogP contribution is 2.48. The second-order valence-corrected chi connectivity index (χ2v) is 16.8. The molecule has 62 heavy (non-hydrogen) atoms. The van der Waals surface area contributed by atoms with Crippen LogP contribution in [0.2, 0.25) is 0 Å². The summed E-state index contributed by atoms with van der Waals surface area (Å²) in [5, 5.41) is 20.8. The first-order valence-corrected chi connectivity index (χ1v) is 19.5. The van der Waals surface area contributed by atoms with Crippen LogP contribution in [-0.4, -0.2) is 81.9 Å². The molecule has 0 saturated carbocycles. The van der Waals surface area contributed by atoms with Crippen LogP contribution in [0.1, 0.15) is 65.5 Å². The SMILES string of the molecule is COc1ccc(/C(O)=C/C(=O)C2=C3C=C4CC(C)(C)OC=C4C(=O)C3(C)OC2=O)cc1.COc1ccc(C(O)=CC(=O)C2=C3C=C4CC(C)(C)OC=C4C(=O)C3(C)OC2=O)cc1. The Balaban J connectivity index is 0.000000186. The van der Waals surface area contributed by atoms with Crippen LogP contribution < -0.4 is 9.47 Å². The highest BCUT2D eigenvalue weighted by Gasteiger charge is 2.56. The van der Waals surface area contributed by atoms with E-state index in [9.17, 15) is 39.0 Å². The van der Waals surface area contributed by atoms with Gasteiger partial charge in [0.15, 0.2) is 22.8 Å². The maximum Gasteiger partial charge on any atom is 0.343 e. The Bertz CT molecular complexity index is 2440. The van der Waals surface area contributed by atoms with Gasteiger partial charge in [0.25, 0.3) is 0 Å². The van der Waals surface area contributed by atoms with Gasteiger partial charge in [0.1, 0.15) is 45.4 Å². The second kappa shape index (κ2) is 15.4. The molecule has 2 atom stereocenters. The lowest BCUT2D eigenvalue weighted by Crippen LogP contribution is -2.43. The van der Waals surface area contributed by atoms with Gasteiger partial charge in [-0.15, -0.1) is 0 Å². The summed E-state index contributed by atoms with van der Waals surface area (Å²) in [5.41, 5.74) is -1.57. The van der Waals surface area contributed by atoms with Crippen LogP contribution in [0.3, 0.4) is 0 Å². The molecule has 14 heteroatoms. The fraction of sp³-hybridized carbons (Fsp3) is 0.292. The second-order valence-electron chi connectivity index (χ2n) is 16.8. The normalized spacial score (nSPS) is 24.5. The quantitative estimate of drug-likeness (QED) is 0.123. The van der Waals surface area contributed by atoms with E-state index in [0.717, 1.165) is 12.2 Å². The number of ether oxygens (including phenoxy) is 6. The third-order valence-electron chi connectivity index (χ3n) is 11.3. The third kappa shape index (κ3) is 7.56. The molecule has 14 nitrogen and oxygen atoms in total. The molecule has 2 N–H and O–H groups in total. The van der Waals surface area contributed by atoms with E-state index in [2.05, 4.69) is 0 Å². The number of carbonyl (C=O) groups excluding carboxylic acids is 6. The van der Waals surface area contributed by atoms with Gasteiger partial charge < -0.3 is 38.6 Å². The van der Waals surface area contributed by atoms with E-state index in [1.165, 1.54) is 40.6 Å².